The summed E-state index contributed by atoms with van der Waals surface area (Å²) in [6.07, 6.45) is 4.86. The van der Waals surface area contributed by atoms with Gasteiger partial charge in [0.1, 0.15) is 0 Å². The van der Waals surface area contributed by atoms with Gasteiger partial charge in [-0.2, -0.15) is 0 Å². The Morgan fingerprint density at radius 1 is 1.23 bits per heavy atom. The van der Waals surface area contributed by atoms with Crippen LogP contribution in [0.15, 0.2) is 29.2 Å². The van der Waals surface area contributed by atoms with Crippen molar-refractivity contribution in [3.05, 3.63) is 29.8 Å². The van der Waals surface area contributed by atoms with Crippen molar-refractivity contribution in [2.75, 3.05) is 0 Å². The summed E-state index contributed by atoms with van der Waals surface area (Å²) >= 11 is 0. The Labute approximate surface area is 131 Å². The van der Waals surface area contributed by atoms with Gasteiger partial charge in [0.05, 0.1) is 10.4 Å². The maximum absolute atomic E-state index is 12.3. The number of amides is 1. The summed E-state index contributed by atoms with van der Waals surface area (Å²) in [7, 11) is -3.86. The number of aryl methyl sites for hydroxylation is 1. The molecule has 1 aromatic rings. The number of benzene rings is 1. The lowest BCUT2D eigenvalue weighted by molar-refractivity contribution is -0.131. The molecule has 0 radical (unpaired) electrons. The molecule has 2 aliphatic rings. The van der Waals surface area contributed by atoms with Gasteiger partial charge < -0.3 is 5.73 Å². The van der Waals surface area contributed by atoms with Crippen molar-refractivity contribution in [3.8, 4) is 0 Å². The first-order chi connectivity index (χ1) is 10.3. The maximum Gasteiger partial charge on any atom is 0.264 e. The number of carbonyl (C=O) groups excluding carboxylic acids is 1. The fourth-order valence-corrected chi connectivity index (χ4v) is 4.75. The molecule has 2 fully saturated rings. The van der Waals surface area contributed by atoms with Crippen molar-refractivity contribution in [1.29, 1.82) is 0 Å². The zero-order valence-electron chi connectivity index (χ0n) is 12.7. The highest BCUT2D eigenvalue weighted by Gasteiger charge is 2.51. The largest absolute Gasteiger partial charge is 0.317 e. The number of nitrogens with one attached hydrogen (secondary N) is 1. The molecule has 2 saturated carbocycles. The molecule has 3 rings (SSSR count). The molecule has 120 valence electrons. The van der Waals surface area contributed by atoms with Crippen molar-refractivity contribution in [2.45, 2.75) is 49.5 Å². The van der Waals surface area contributed by atoms with Crippen molar-refractivity contribution in [2.24, 2.45) is 17.6 Å². The second-order valence-corrected chi connectivity index (χ2v) is 8.37. The van der Waals surface area contributed by atoms with Crippen LogP contribution in [0.3, 0.4) is 0 Å². The molecule has 0 saturated heterocycles. The van der Waals surface area contributed by atoms with Gasteiger partial charge >= 0.3 is 0 Å². The average molecular weight is 322 g/mol. The minimum Gasteiger partial charge on any atom is -0.317 e. The van der Waals surface area contributed by atoms with Crippen LogP contribution in [0.4, 0.5) is 0 Å². The molecule has 1 amide bonds. The van der Waals surface area contributed by atoms with Crippen molar-refractivity contribution >= 4 is 15.9 Å². The molecule has 22 heavy (non-hydrogen) atoms. The molecule has 3 N–H and O–H groups in total. The summed E-state index contributed by atoms with van der Waals surface area (Å²) in [5.41, 5.74) is 5.67. The number of hydrogen-bond donors (Lipinski definition) is 2. The van der Waals surface area contributed by atoms with Gasteiger partial charge in [-0.15, -0.1) is 0 Å². The van der Waals surface area contributed by atoms with E-state index in [0.29, 0.717) is 30.2 Å². The van der Waals surface area contributed by atoms with E-state index >= 15 is 0 Å². The first-order valence-corrected chi connectivity index (χ1v) is 9.22. The molecule has 0 aliphatic heterocycles. The number of hydrogen-bond acceptors (Lipinski definition) is 4. The third-order valence-corrected chi connectivity index (χ3v) is 6.62. The van der Waals surface area contributed by atoms with Crippen LogP contribution < -0.4 is 10.5 Å². The molecule has 1 aromatic carbocycles. The van der Waals surface area contributed by atoms with E-state index in [1.165, 1.54) is 25.3 Å². The number of nitrogens with two attached hydrogens (primary N) is 1. The first-order valence-electron chi connectivity index (χ1n) is 7.74. The van der Waals surface area contributed by atoms with Gasteiger partial charge in [0.25, 0.3) is 15.9 Å². The summed E-state index contributed by atoms with van der Waals surface area (Å²) in [4.78, 5) is 12.4. The second kappa shape index (κ2) is 5.35. The maximum atomic E-state index is 12.3. The van der Waals surface area contributed by atoms with Gasteiger partial charge in [0.15, 0.2) is 0 Å². The Morgan fingerprint density at radius 2 is 1.86 bits per heavy atom. The van der Waals surface area contributed by atoms with Crippen LogP contribution in [0.1, 0.15) is 37.7 Å². The highest BCUT2D eigenvalue weighted by atomic mass is 32.2. The van der Waals surface area contributed by atoms with Crippen LogP contribution in [-0.4, -0.2) is 19.9 Å². The molecule has 0 atom stereocenters. The Kier molecular flexibility index (Phi) is 3.77. The summed E-state index contributed by atoms with van der Waals surface area (Å²) in [6.45, 7) is 1.70. The minimum absolute atomic E-state index is 0.127. The summed E-state index contributed by atoms with van der Waals surface area (Å²) in [5, 5.41) is 0. The van der Waals surface area contributed by atoms with E-state index in [4.69, 9.17) is 5.73 Å². The molecule has 6 heteroatoms. The number of rotatable bonds is 4. The van der Waals surface area contributed by atoms with Crippen molar-refractivity contribution in [1.82, 2.24) is 4.72 Å². The molecule has 0 spiro atoms. The Hall–Kier alpha value is -1.40. The van der Waals surface area contributed by atoms with Crippen LogP contribution in [-0.2, 0) is 14.8 Å². The van der Waals surface area contributed by atoms with E-state index < -0.39 is 21.5 Å². The van der Waals surface area contributed by atoms with E-state index in [-0.39, 0.29) is 4.90 Å². The first kappa shape index (κ1) is 15.5. The van der Waals surface area contributed by atoms with E-state index in [1.807, 2.05) is 0 Å². The monoisotopic (exact) mass is 322 g/mol. The lowest BCUT2D eigenvalue weighted by Gasteiger charge is -2.49. The Morgan fingerprint density at radius 3 is 2.41 bits per heavy atom. The van der Waals surface area contributed by atoms with Gasteiger partial charge in [-0.05, 0) is 43.2 Å². The summed E-state index contributed by atoms with van der Waals surface area (Å²) in [6, 6.07) is 6.59. The summed E-state index contributed by atoms with van der Waals surface area (Å²) < 4.78 is 26.9. The van der Waals surface area contributed by atoms with Crippen LogP contribution >= 0.6 is 0 Å². The standard InChI is InChI=1S/C16H22N2O3S/c1-11-5-2-3-8-14(11)22(20,21)18-15(19)16(17)9-13(10-16)12-6-4-7-12/h2-3,5,8,12-13H,4,6-7,9-10,17H2,1H3,(H,18,19). The minimum atomic E-state index is -3.86. The zero-order valence-corrected chi connectivity index (χ0v) is 13.5. The van der Waals surface area contributed by atoms with Gasteiger partial charge in [0.2, 0.25) is 0 Å². The fourth-order valence-electron chi connectivity index (χ4n) is 3.44. The van der Waals surface area contributed by atoms with Crippen LogP contribution in [0.25, 0.3) is 0 Å². The normalized spacial score (nSPS) is 28.5. The summed E-state index contributed by atoms with van der Waals surface area (Å²) in [5.74, 6) is 0.578. The average Bonchev–Trinajstić information content (AvgIpc) is 2.34. The SMILES string of the molecule is Cc1ccccc1S(=O)(=O)NC(=O)C1(N)CC(C2CCC2)C1. The van der Waals surface area contributed by atoms with Gasteiger partial charge in [-0.1, -0.05) is 37.5 Å². The highest BCUT2D eigenvalue weighted by molar-refractivity contribution is 7.90. The van der Waals surface area contributed by atoms with Crippen molar-refractivity contribution in [3.63, 3.8) is 0 Å². The molecule has 2 aliphatic carbocycles. The quantitative estimate of drug-likeness (QED) is 0.883. The molecule has 5 nitrogen and oxygen atoms in total. The van der Waals surface area contributed by atoms with Crippen LogP contribution in [0.2, 0.25) is 0 Å². The predicted molar refractivity (Wildman–Crippen MR) is 83.5 cm³/mol. The molecule has 0 bridgehead atoms. The van der Waals surface area contributed by atoms with Gasteiger partial charge in [0, 0.05) is 0 Å². The lowest BCUT2D eigenvalue weighted by Crippen LogP contribution is -2.64. The third-order valence-electron chi connectivity index (χ3n) is 5.13. The van der Waals surface area contributed by atoms with Gasteiger partial charge in [-0.3, -0.25) is 4.79 Å². The van der Waals surface area contributed by atoms with Crippen LogP contribution in [0, 0.1) is 18.8 Å². The van der Waals surface area contributed by atoms with Gasteiger partial charge in [-0.25, -0.2) is 13.1 Å². The van der Waals surface area contributed by atoms with E-state index in [2.05, 4.69) is 4.72 Å². The smallest absolute Gasteiger partial charge is 0.264 e. The van der Waals surface area contributed by atoms with E-state index in [0.717, 1.165) is 0 Å². The number of sulfonamides is 1. The Balaban J connectivity index is 1.68. The third kappa shape index (κ3) is 2.65. The topological polar surface area (TPSA) is 89.3 Å². The highest BCUT2D eigenvalue weighted by Crippen LogP contribution is 2.48. The van der Waals surface area contributed by atoms with Crippen LogP contribution in [0.5, 0.6) is 0 Å². The molecular formula is C16H22N2O3S. The molecule has 0 unspecified atom stereocenters. The molecule has 0 aromatic heterocycles. The molecule has 0 heterocycles. The fraction of sp³-hybridized carbons (Fsp3) is 0.562. The second-order valence-electron chi connectivity index (χ2n) is 6.72. The van der Waals surface area contributed by atoms with E-state index in [1.54, 1.807) is 25.1 Å². The Bertz CT molecular complexity index is 689. The zero-order chi connectivity index (χ0) is 16.0. The molecular weight excluding hydrogens is 300 g/mol. The predicted octanol–water partition coefficient (Wildman–Crippen LogP) is 1.71. The number of carbonyl (C=O) groups is 1. The van der Waals surface area contributed by atoms with Crippen molar-refractivity contribution < 1.29 is 13.2 Å². The lowest BCUT2D eigenvalue weighted by atomic mass is 9.59. The van der Waals surface area contributed by atoms with E-state index in [9.17, 15) is 13.2 Å².